The van der Waals surface area contributed by atoms with Gasteiger partial charge in [-0.15, -0.1) is 0 Å². The SMILES string of the molecule is COc1ccc(CN2CCN(Cc3ccc(C#CC(C)(C)O)cc3)CC2CCO)c(C)c1C. The Kier molecular flexibility index (Phi) is 8.56. The summed E-state index contributed by atoms with van der Waals surface area (Å²) < 4.78 is 5.46. The van der Waals surface area contributed by atoms with Gasteiger partial charge in [0.15, 0.2) is 0 Å². The zero-order chi connectivity index (χ0) is 24.0. The van der Waals surface area contributed by atoms with Gasteiger partial charge < -0.3 is 14.9 Å². The molecule has 0 aromatic heterocycles. The van der Waals surface area contributed by atoms with Gasteiger partial charge in [0, 0.05) is 50.9 Å². The van der Waals surface area contributed by atoms with Gasteiger partial charge in [-0.25, -0.2) is 0 Å². The number of piperazine rings is 1. The van der Waals surface area contributed by atoms with E-state index < -0.39 is 5.60 Å². The zero-order valence-electron chi connectivity index (χ0n) is 20.7. The minimum absolute atomic E-state index is 0.199. The van der Waals surface area contributed by atoms with Gasteiger partial charge in [0.05, 0.1) is 7.11 Å². The molecule has 0 spiro atoms. The second kappa shape index (κ2) is 11.2. The molecular weight excluding hydrogens is 412 g/mol. The standard InChI is InChI=1S/C28H38N2O3/c1-21-22(2)27(33-5)11-10-25(21)19-30-16-15-29(20-26(30)13-17-31)18-24-8-6-23(7-9-24)12-14-28(3,4)32/h6-11,26,31-32H,13,15-20H2,1-5H3. The van der Waals surface area contributed by atoms with E-state index in [1.165, 1.54) is 22.3 Å². The summed E-state index contributed by atoms with van der Waals surface area (Å²) in [5.74, 6) is 6.82. The van der Waals surface area contributed by atoms with Gasteiger partial charge in [-0.2, -0.15) is 0 Å². The van der Waals surface area contributed by atoms with Crippen LogP contribution in [0.2, 0.25) is 0 Å². The van der Waals surface area contributed by atoms with Crippen molar-refractivity contribution in [2.45, 2.75) is 58.8 Å². The van der Waals surface area contributed by atoms with Crippen molar-refractivity contribution in [3.8, 4) is 17.6 Å². The lowest BCUT2D eigenvalue weighted by Gasteiger charge is -2.41. The third-order valence-electron chi connectivity index (χ3n) is 6.47. The Hall–Kier alpha value is -2.36. The number of methoxy groups -OCH3 is 1. The van der Waals surface area contributed by atoms with E-state index in [-0.39, 0.29) is 6.61 Å². The van der Waals surface area contributed by atoms with Crippen LogP contribution in [-0.4, -0.2) is 65.0 Å². The van der Waals surface area contributed by atoms with Crippen LogP contribution in [0, 0.1) is 25.7 Å². The van der Waals surface area contributed by atoms with Crippen LogP contribution in [0.15, 0.2) is 36.4 Å². The van der Waals surface area contributed by atoms with Crippen molar-refractivity contribution in [2.75, 3.05) is 33.4 Å². The molecule has 0 bridgehead atoms. The predicted octanol–water partition coefficient (Wildman–Crippen LogP) is 3.50. The molecule has 1 unspecified atom stereocenters. The highest BCUT2D eigenvalue weighted by molar-refractivity contribution is 5.43. The third kappa shape index (κ3) is 7.06. The van der Waals surface area contributed by atoms with Crippen molar-refractivity contribution in [1.82, 2.24) is 9.80 Å². The Bertz CT molecular complexity index is 983. The van der Waals surface area contributed by atoms with Crippen molar-refractivity contribution in [2.24, 2.45) is 0 Å². The third-order valence-corrected chi connectivity index (χ3v) is 6.47. The fourth-order valence-electron chi connectivity index (χ4n) is 4.37. The number of nitrogens with zero attached hydrogens (tertiary/aromatic N) is 2. The monoisotopic (exact) mass is 450 g/mol. The molecule has 33 heavy (non-hydrogen) atoms. The lowest BCUT2D eigenvalue weighted by atomic mass is 10.00. The molecule has 2 aromatic carbocycles. The fraction of sp³-hybridized carbons (Fsp3) is 0.500. The lowest BCUT2D eigenvalue weighted by molar-refractivity contribution is 0.0498. The molecule has 3 rings (SSSR count). The van der Waals surface area contributed by atoms with Crippen molar-refractivity contribution < 1.29 is 14.9 Å². The predicted molar refractivity (Wildman–Crippen MR) is 133 cm³/mol. The molecule has 0 aliphatic carbocycles. The highest BCUT2D eigenvalue weighted by Gasteiger charge is 2.27. The summed E-state index contributed by atoms with van der Waals surface area (Å²) >= 11 is 0. The molecule has 1 saturated heterocycles. The lowest BCUT2D eigenvalue weighted by Crippen LogP contribution is -2.52. The van der Waals surface area contributed by atoms with E-state index in [4.69, 9.17) is 4.74 Å². The van der Waals surface area contributed by atoms with Gasteiger partial charge in [-0.1, -0.05) is 30.0 Å². The summed E-state index contributed by atoms with van der Waals surface area (Å²) in [7, 11) is 1.72. The molecule has 178 valence electrons. The molecule has 0 amide bonds. The Balaban J connectivity index is 1.64. The van der Waals surface area contributed by atoms with E-state index in [0.717, 1.165) is 50.5 Å². The van der Waals surface area contributed by atoms with Crippen LogP contribution >= 0.6 is 0 Å². The Morgan fingerprint density at radius 2 is 1.76 bits per heavy atom. The zero-order valence-corrected chi connectivity index (χ0v) is 20.7. The van der Waals surface area contributed by atoms with Crippen molar-refractivity contribution in [3.05, 3.63) is 64.2 Å². The number of aliphatic hydroxyl groups excluding tert-OH is 1. The normalized spacial score (nSPS) is 17.5. The number of rotatable bonds is 7. The highest BCUT2D eigenvalue weighted by atomic mass is 16.5. The van der Waals surface area contributed by atoms with Gasteiger partial charge in [-0.05, 0) is 74.6 Å². The van der Waals surface area contributed by atoms with E-state index in [2.05, 4.69) is 59.8 Å². The topological polar surface area (TPSA) is 56.2 Å². The summed E-state index contributed by atoms with van der Waals surface area (Å²) in [4.78, 5) is 4.98. The maximum absolute atomic E-state index is 9.78. The first-order valence-electron chi connectivity index (χ1n) is 11.7. The summed E-state index contributed by atoms with van der Waals surface area (Å²) in [5.41, 5.74) is 4.99. The molecule has 5 nitrogen and oxygen atoms in total. The Morgan fingerprint density at radius 1 is 1.03 bits per heavy atom. The summed E-state index contributed by atoms with van der Waals surface area (Å²) in [6, 6.07) is 12.8. The average molecular weight is 451 g/mol. The summed E-state index contributed by atoms with van der Waals surface area (Å²) in [6.07, 6.45) is 0.774. The second-order valence-corrected chi connectivity index (χ2v) is 9.55. The van der Waals surface area contributed by atoms with Crippen LogP contribution in [-0.2, 0) is 13.1 Å². The van der Waals surface area contributed by atoms with Crippen molar-refractivity contribution >= 4 is 0 Å². The first-order chi connectivity index (χ1) is 15.7. The largest absolute Gasteiger partial charge is 0.496 e. The van der Waals surface area contributed by atoms with E-state index in [0.29, 0.717) is 6.04 Å². The molecule has 0 saturated carbocycles. The molecule has 2 N–H and O–H groups in total. The minimum atomic E-state index is -0.983. The number of benzene rings is 2. The molecule has 2 aromatic rings. The summed E-state index contributed by atoms with van der Waals surface area (Å²) in [5, 5.41) is 19.5. The Morgan fingerprint density at radius 3 is 2.39 bits per heavy atom. The van der Waals surface area contributed by atoms with Crippen molar-refractivity contribution in [3.63, 3.8) is 0 Å². The van der Waals surface area contributed by atoms with Gasteiger partial charge in [-0.3, -0.25) is 9.80 Å². The van der Waals surface area contributed by atoms with Crippen LogP contribution in [0.4, 0.5) is 0 Å². The molecule has 0 radical (unpaired) electrons. The molecule has 1 fully saturated rings. The smallest absolute Gasteiger partial charge is 0.122 e. The molecule has 1 heterocycles. The number of aliphatic hydroxyl groups is 2. The maximum Gasteiger partial charge on any atom is 0.122 e. The number of ether oxygens (including phenoxy) is 1. The average Bonchev–Trinajstić information content (AvgIpc) is 2.78. The van der Waals surface area contributed by atoms with Crippen LogP contribution < -0.4 is 4.74 Å². The highest BCUT2D eigenvalue weighted by Crippen LogP contribution is 2.26. The molecule has 1 aliphatic rings. The quantitative estimate of drug-likeness (QED) is 0.633. The van der Waals surface area contributed by atoms with E-state index >= 15 is 0 Å². The first kappa shape index (κ1) is 25.3. The van der Waals surface area contributed by atoms with Gasteiger partial charge in [0.2, 0.25) is 0 Å². The number of hydrogen-bond donors (Lipinski definition) is 2. The molecular formula is C28H38N2O3. The van der Waals surface area contributed by atoms with Gasteiger partial charge in [0.1, 0.15) is 11.4 Å². The second-order valence-electron chi connectivity index (χ2n) is 9.55. The van der Waals surface area contributed by atoms with Crippen molar-refractivity contribution in [1.29, 1.82) is 0 Å². The maximum atomic E-state index is 9.78. The van der Waals surface area contributed by atoms with Crippen LogP contribution in [0.3, 0.4) is 0 Å². The number of hydrogen-bond acceptors (Lipinski definition) is 5. The van der Waals surface area contributed by atoms with Crippen LogP contribution in [0.1, 0.15) is 48.1 Å². The first-order valence-corrected chi connectivity index (χ1v) is 11.7. The molecule has 1 aliphatic heterocycles. The van der Waals surface area contributed by atoms with Gasteiger partial charge >= 0.3 is 0 Å². The molecule has 1 atom stereocenters. The van der Waals surface area contributed by atoms with E-state index in [1.807, 2.05) is 12.1 Å². The molecule has 5 heteroatoms. The van der Waals surface area contributed by atoms with Crippen LogP contribution in [0.25, 0.3) is 0 Å². The van der Waals surface area contributed by atoms with E-state index in [1.54, 1.807) is 21.0 Å². The summed E-state index contributed by atoms with van der Waals surface area (Å²) in [6.45, 7) is 12.5. The van der Waals surface area contributed by atoms with Gasteiger partial charge in [0.25, 0.3) is 0 Å². The minimum Gasteiger partial charge on any atom is -0.496 e. The van der Waals surface area contributed by atoms with E-state index in [9.17, 15) is 10.2 Å². The Labute approximate surface area is 199 Å². The van der Waals surface area contributed by atoms with Crippen LogP contribution in [0.5, 0.6) is 5.75 Å². The fourth-order valence-corrected chi connectivity index (χ4v) is 4.37.